The predicted molar refractivity (Wildman–Crippen MR) is 71.7 cm³/mol. The largest absolute Gasteiger partial charge is 0.369 e. The maximum Gasteiger partial charge on any atom is 0.243 e. The number of rotatable bonds is 3. The van der Waals surface area contributed by atoms with Crippen molar-refractivity contribution in [3.63, 3.8) is 0 Å². The molecule has 0 saturated carbocycles. The van der Waals surface area contributed by atoms with Crippen LogP contribution >= 0.6 is 0 Å². The number of amides is 1. The van der Waals surface area contributed by atoms with Gasteiger partial charge in [-0.25, -0.2) is 12.8 Å². The number of carbonyl (C=O) groups is 1. The molecule has 5 nitrogen and oxygen atoms in total. The van der Waals surface area contributed by atoms with Crippen LogP contribution < -0.4 is 5.73 Å². The van der Waals surface area contributed by atoms with Crippen molar-refractivity contribution in [1.82, 2.24) is 4.31 Å². The van der Waals surface area contributed by atoms with Crippen molar-refractivity contribution in [3.05, 3.63) is 30.1 Å². The highest BCUT2D eigenvalue weighted by atomic mass is 32.2. The second kappa shape index (κ2) is 5.49. The van der Waals surface area contributed by atoms with E-state index in [-0.39, 0.29) is 17.5 Å². The van der Waals surface area contributed by atoms with Crippen LogP contribution in [0.15, 0.2) is 29.2 Å². The van der Waals surface area contributed by atoms with Gasteiger partial charge in [-0.05, 0) is 44.0 Å². The van der Waals surface area contributed by atoms with E-state index in [9.17, 15) is 17.6 Å². The number of hydrogen-bond acceptors (Lipinski definition) is 3. The van der Waals surface area contributed by atoms with Gasteiger partial charge in [0, 0.05) is 12.6 Å². The Morgan fingerprint density at radius 2 is 1.90 bits per heavy atom. The summed E-state index contributed by atoms with van der Waals surface area (Å²) in [7, 11) is -3.74. The maximum atomic E-state index is 12.9. The zero-order chi connectivity index (χ0) is 14.9. The molecule has 1 aliphatic heterocycles. The van der Waals surface area contributed by atoms with Crippen molar-refractivity contribution in [3.8, 4) is 0 Å². The molecule has 0 aliphatic carbocycles. The highest BCUT2D eigenvalue weighted by molar-refractivity contribution is 7.89. The summed E-state index contributed by atoms with van der Waals surface area (Å²) in [4.78, 5) is 11.3. The lowest BCUT2D eigenvalue weighted by atomic mass is 9.95. The molecule has 0 radical (unpaired) electrons. The molecule has 2 atom stereocenters. The first-order chi connectivity index (χ1) is 9.32. The molecule has 2 unspecified atom stereocenters. The van der Waals surface area contributed by atoms with Crippen molar-refractivity contribution in [1.29, 1.82) is 0 Å². The Hall–Kier alpha value is -1.47. The molecule has 1 saturated heterocycles. The third kappa shape index (κ3) is 2.83. The summed E-state index contributed by atoms with van der Waals surface area (Å²) in [6.45, 7) is 1.87. The van der Waals surface area contributed by atoms with Crippen LogP contribution in [0, 0.1) is 11.7 Å². The number of nitrogens with zero attached hydrogens (tertiary/aromatic N) is 1. The van der Waals surface area contributed by atoms with Crippen LogP contribution in [0.25, 0.3) is 0 Å². The summed E-state index contributed by atoms with van der Waals surface area (Å²) in [5.74, 6) is -1.46. The van der Waals surface area contributed by atoms with Crippen LogP contribution in [-0.4, -0.2) is 31.2 Å². The van der Waals surface area contributed by atoms with E-state index < -0.39 is 27.7 Å². The Balaban J connectivity index is 2.31. The number of primary amides is 1. The zero-order valence-electron chi connectivity index (χ0n) is 11.1. The quantitative estimate of drug-likeness (QED) is 0.907. The second-order valence-corrected chi connectivity index (χ2v) is 6.94. The predicted octanol–water partition coefficient (Wildman–Crippen LogP) is 1.10. The van der Waals surface area contributed by atoms with Gasteiger partial charge in [-0.3, -0.25) is 4.79 Å². The van der Waals surface area contributed by atoms with E-state index in [1.165, 1.54) is 16.4 Å². The first-order valence-electron chi connectivity index (χ1n) is 6.39. The molecular weight excluding hydrogens is 283 g/mol. The monoisotopic (exact) mass is 300 g/mol. The van der Waals surface area contributed by atoms with E-state index in [4.69, 9.17) is 5.73 Å². The van der Waals surface area contributed by atoms with Crippen molar-refractivity contribution < 1.29 is 17.6 Å². The fraction of sp³-hybridized carbons (Fsp3) is 0.462. The van der Waals surface area contributed by atoms with E-state index >= 15 is 0 Å². The fourth-order valence-electron chi connectivity index (χ4n) is 2.38. The standard InChI is InChI=1S/C13H17FN2O3S/c1-9-2-3-10(13(15)17)8-16(9)20(18,19)12-6-4-11(14)5-7-12/h4-7,9-10H,2-3,8H2,1H3,(H2,15,17). The minimum atomic E-state index is -3.74. The molecule has 0 spiro atoms. The average molecular weight is 300 g/mol. The smallest absolute Gasteiger partial charge is 0.243 e. The molecule has 0 aromatic heterocycles. The molecule has 1 aliphatic rings. The number of carbonyl (C=O) groups excluding carboxylic acids is 1. The summed E-state index contributed by atoms with van der Waals surface area (Å²) in [6.07, 6.45) is 1.17. The maximum absolute atomic E-state index is 12.9. The number of halogens is 1. The van der Waals surface area contributed by atoms with Crippen LogP contribution in [0.4, 0.5) is 4.39 Å². The van der Waals surface area contributed by atoms with Gasteiger partial charge < -0.3 is 5.73 Å². The number of hydrogen-bond donors (Lipinski definition) is 1. The van der Waals surface area contributed by atoms with E-state index in [1.807, 2.05) is 0 Å². The molecule has 1 aromatic rings. The summed E-state index contributed by atoms with van der Waals surface area (Å²) in [6, 6.07) is 4.46. The fourth-order valence-corrected chi connectivity index (χ4v) is 4.09. The van der Waals surface area contributed by atoms with Gasteiger partial charge in [-0.1, -0.05) is 0 Å². The average Bonchev–Trinajstić information content (AvgIpc) is 2.39. The molecule has 1 amide bonds. The molecule has 1 aromatic carbocycles. The van der Waals surface area contributed by atoms with Crippen molar-refractivity contribution in [2.45, 2.75) is 30.7 Å². The molecule has 110 valence electrons. The Morgan fingerprint density at radius 1 is 1.30 bits per heavy atom. The summed E-state index contributed by atoms with van der Waals surface area (Å²) >= 11 is 0. The number of nitrogens with two attached hydrogens (primary N) is 1. The minimum absolute atomic E-state index is 0.0240. The van der Waals surface area contributed by atoms with Crippen LogP contribution in [0.2, 0.25) is 0 Å². The zero-order valence-corrected chi connectivity index (χ0v) is 11.9. The molecule has 1 heterocycles. The van der Waals surface area contributed by atoms with Gasteiger partial charge in [0.25, 0.3) is 0 Å². The summed E-state index contributed by atoms with van der Waals surface area (Å²) in [5, 5.41) is 0. The summed E-state index contributed by atoms with van der Waals surface area (Å²) < 4.78 is 39.2. The van der Waals surface area contributed by atoms with Gasteiger partial charge >= 0.3 is 0 Å². The minimum Gasteiger partial charge on any atom is -0.369 e. The lowest BCUT2D eigenvalue weighted by molar-refractivity contribution is -0.123. The van der Waals surface area contributed by atoms with Crippen LogP contribution in [0.1, 0.15) is 19.8 Å². The van der Waals surface area contributed by atoms with E-state index in [0.29, 0.717) is 12.8 Å². The van der Waals surface area contributed by atoms with Gasteiger partial charge in [0.15, 0.2) is 0 Å². The van der Waals surface area contributed by atoms with Gasteiger partial charge in [0.1, 0.15) is 5.82 Å². The topological polar surface area (TPSA) is 80.5 Å². The summed E-state index contributed by atoms with van der Waals surface area (Å²) in [5.41, 5.74) is 5.27. The van der Waals surface area contributed by atoms with Gasteiger partial charge in [-0.15, -0.1) is 0 Å². The molecule has 7 heteroatoms. The molecular formula is C13H17FN2O3S. The van der Waals surface area contributed by atoms with Crippen molar-refractivity contribution in [2.24, 2.45) is 11.7 Å². The van der Waals surface area contributed by atoms with E-state index in [1.54, 1.807) is 6.92 Å². The third-order valence-corrected chi connectivity index (χ3v) is 5.64. The highest BCUT2D eigenvalue weighted by Gasteiger charge is 2.36. The van der Waals surface area contributed by atoms with Gasteiger partial charge in [-0.2, -0.15) is 4.31 Å². The van der Waals surface area contributed by atoms with Gasteiger partial charge in [0.05, 0.1) is 10.8 Å². The molecule has 2 rings (SSSR count). The van der Waals surface area contributed by atoms with Crippen LogP contribution in [0.3, 0.4) is 0 Å². The number of piperidine rings is 1. The first-order valence-corrected chi connectivity index (χ1v) is 7.83. The van der Waals surface area contributed by atoms with E-state index in [2.05, 4.69) is 0 Å². The number of benzene rings is 1. The van der Waals surface area contributed by atoms with Crippen molar-refractivity contribution in [2.75, 3.05) is 6.54 Å². The lowest BCUT2D eigenvalue weighted by Gasteiger charge is -2.35. The Kier molecular flexibility index (Phi) is 4.10. The van der Waals surface area contributed by atoms with Crippen molar-refractivity contribution >= 4 is 15.9 Å². The second-order valence-electron chi connectivity index (χ2n) is 5.05. The lowest BCUT2D eigenvalue weighted by Crippen LogP contribution is -2.48. The Morgan fingerprint density at radius 3 is 2.45 bits per heavy atom. The van der Waals surface area contributed by atoms with E-state index in [0.717, 1.165) is 12.1 Å². The normalized spacial score (nSPS) is 24.5. The molecule has 2 N–H and O–H groups in total. The number of sulfonamides is 1. The SMILES string of the molecule is CC1CCC(C(N)=O)CN1S(=O)(=O)c1ccc(F)cc1. The van der Waals surface area contributed by atoms with Crippen LogP contribution in [-0.2, 0) is 14.8 Å². The third-order valence-electron chi connectivity index (χ3n) is 3.65. The highest BCUT2D eigenvalue weighted by Crippen LogP contribution is 2.28. The Bertz CT molecular complexity index is 601. The molecule has 1 fully saturated rings. The molecule has 0 bridgehead atoms. The van der Waals surface area contributed by atoms with Gasteiger partial charge in [0.2, 0.25) is 15.9 Å². The first kappa shape index (κ1) is 14.9. The molecule has 20 heavy (non-hydrogen) atoms. The van der Waals surface area contributed by atoms with Crippen LogP contribution in [0.5, 0.6) is 0 Å². The Labute approximate surface area is 117 Å².